The van der Waals surface area contributed by atoms with Crippen molar-refractivity contribution in [3.05, 3.63) is 0 Å². The van der Waals surface area contributed by atoms with Gasteiger partial charge in [-0.1, -0.05) is 0 Å². The van der Waals surface area contributed by atoms with Crippen LogP contribution in [0.2, 0.25) is 0 Å². The maximum atomic E-state index is 12.5. The molecule has 3 fully saturated rings. The largest absolute Gasteiger partial charge is 0.341 e. The van der Waals surface area contributed by atoms with Gasteiger partial charge in [0.25, 0.3) is 0 Å². The Labute approximate surface area is 110 Å². The Balaban J connectivity index is 1.57. The molecule has 0 aromatic heterocycles. The smallest absolute Gasteiger partial charge is 0.239 e. The van der Waals surface area contributed by atoms with Crippen molar-refractivity contribution in [1.29, 1.82) is 0 Å². The van der Waals surface area contributed by atoms with Crippen molar-refractivity contribution < 1.29 is 4.79 Å². The topological polar surface area (TPSA) is 35.6 Å². The van der Waals surface area contributed by atoms with Gasteiger partial charge in [-0.25, -0.2) is 0 Å². The zero-order valence-electron chi connectivity index (χ0n) is 11.4. The summed E-state index contributed by atoms with van der Waals surface area (Å²) in [6, 6.07) is 0.0914. The van der Waals surface area contributed by atoms with Gasteiger partial charge < -0.3 is 10.2 Å². The van der Waals surface area contributed by atoms with Crippen molar-refractivity contribution >= 4 is 5.91 Å². The molecule has 3 aliphatic rings. The minimum Gasteiger partial charge on any atom is -0.341 e. The van der Waals surface area contributed by atoms with Crippen molar-refractivity contribution in [3.8, 4) is 0 Å². The first kappa shape index (κ1) is 12.4. The molecule has 3 heterocycles. The van der Waals surface area contributed by atoms with Gasteiger partial charge in [0.1, 0.15) is 0 Å². The molecule has 0 aromatic rings. The third kappa shape index (κ3) is 2.28. The lowest BCUT2D eigenvalue weighted by atomic mass is 10.0. The van der Waals surface area contributed by atoms with Crippen LogP contribution in [0, 0.1) is 11.8 Å². The van der Waals surface area contributed by atoms with Crippen molar-refractivity contribution in [2.45, 2.75) is 32.2 Å². The Morgan fingerprint density at radius 1 is 1.11 bits per heavy atom. The SMILES string of the molecule is CC(C(=O)N1CCCCC1)N1CC2CNCC2C1. The quantitative estimate of drug-likeness (QED) is 0.778. The van der Waals surface area contributed by atoms with E-state index in [0.717, 1.165) is 51.1 Å². The molecule has 102 valence electrons. The molecule has 3 rings (SSSR count). The van der Waals surface area contributed by atoms with Crippen LogP contribution < -0.4 is 5.32 Å². The highest BCUT2D eigenvalue weighted by molar-refractivity contribution is 5.81. The van der Waals surface area contributed by atoms with Gasteiger partial charge in [-0.15, -0.1) is 0 Å². The van der Waals surface area contributed by atoms with Gasteiger partial charge in [0.15, 0.2) is 0 Å². The fraction of sp³-hybridized carbons (Fsp3) is 0.929. The van der Waals surface area contributed by atoms with Gasteiger partial charge in [0, 0.05) is 26.2 Å². The molecular weight excluding hydrogens is 226 g/mol. The molecule has 0 saturated carbocycles. The molecule has 3 unspecified atom stereocenters. The van der Waals surface area contributed by atoms with E-state index in [1.165, 1.54) is 19.3 Å². The number of amides is 1. The van der Waals surface area contributed by atoms with Gasteiger partial charge in [-0.05, 0) is 51.1 Å². The van der Waals surface area contributed by atoms with Gasteiger partial charge in [0.05, 0.1) is 6.04 Å². The van der Waals surface area contributed by atoms with E-state index in [9.17, 15) is 4.79 Å². The van der Waals surface area contributed by atoms with E-state index in [-0.39, 0.29) is 6.04 Å². The molecule has 0 radical (unpaired) electrons. The van der Waals surface area contributed by atoms with Crippen LogP contribution in [0.15, 0.2) is 0 Å². The van der Waals surface area contributed by atoms with E-state index >= 15 is 0 Å². The molecule has 1 amide bonds. The first-order valence-corrected chi connectivity index (χ1v) is 7.49. The Morgan fingerprint density at radius 2 is 1.72 bits per heavy atom. The summed E-state index contributed by atoms with van der Waals surface area (Å²) in [6.45, 7) is 8.57. The second kappa shape index (κ2) is 5.17. The minimum atomic E-state index is 0.0914. The van der Waals surface area contributed by atoms with Crippen LogP contribution in [-0.2, 0) is 4.79 Å². The molecule has 4 nitrogen and oxygen atoms in total. The van der Waals surface area contributed by atoms with Gasteiger partial charge >= 0.3 is 0 Å². The molecular formula is C14H25N3O. The predicted molar refractivity (Wildman–Crippen MR) is 71.3 cm³/mol. The van der Waals surface area contributed by atoms with Crippen LogP contribution >= 0.6 is 0 Å². The summed E-state index contributed by atoms with van der Waals surface area (Å²) in [7, 11) is 0. The molecule has 0 spiro atoms. The number of carbonyl (C=O) groups is 1. The molecule has 3 atom stereocenters. The lowest BCUT2D eigenvalue weighted by molar-refractivity contribution is -0.137. The van der Waals surface area contributed by atoms with E-state index < -0.39 is 0 Å². The molecule has 1 N–H and O–H groups in total. The number of hydrogen-bond donors (Lipinski definition) is 1. The predicted octanol–water partition coefficient (Wildman–Crippen LogP) is 0.539. The Kier molecular flexibility index (Phi) is 3.57. The molecule has 4 heteroatoms. The van der Waals surface area contributed by atoms with Crippen molar-refractivity contribution in [3.63, 3.8) is 0 Å². The summed E-state index contributed by atoms with van der Waals surface area (Å²) in [5.74, 6) is 1.92. The van der Waals surface area contributed by atoms with Crippen LogP contribution in [0.3, 0.4) is 0 Å². The fourth-order valence-corrected chi connectivity index (χ4v) is 3.74. The van der Waals surface area contributed by atoms with Crippen molar-refractivity contribution in [1.82, 2.24) is 15.1 Å². The Morgan fingerprint density at radius 3 is 2.33 bits per heavy atom. The average molecular weight is 251 g/mol. The first-order valence-electron chi connectivity index (χ1n) is 7.49. The standard InChI is InChI=1S/C14H25N3O/c1-11(14(18)16-5-3-2-4-6-16)17-9-12-7-15-8-13(12)10-17/h11-13,15H,2-10H2,1H3. The third-order valence-electron chi connectivity index (χ3n) is 4.99. The van der Waals surface area contributed by atoms with Crippen LogP contribution in [-0.4, -0.2) is 61.0 Å². The summed E-state index contributed by atoms with van der Waals surface area (Å²) in [6.07, 6.45) is 3.67. The van der Waals surface area contributed by atoms with E-state index in [2.05, 4.69) is 22.0 Å². The number of hydrogen-bond acceptors (Lipinski definition) is 3. The number of fused-ring (bicyclic) bond motifs is 1. The molecule has 3 aliphatic heterocycles. The molecule has 0 aromatic carbocycles. The number of rotatable bonds is 2. The lowest BCUT2D eigenvalue weighted by Gasteiger charge is -2.33. The maximum Gasteiger partial charge on any atom is 0.239 e. The van der Waals surface area contributed by atoms with Crippen LogP contribution in [0.4, 0.5) is 0 Å². The summed E-state index contributed by atoms with van der Waals surface area (Å²) >= 11 is 0. The van der Waals surface area contributed by atoms with E-state index in [0.29, 0.717) is 5.91 Å². The first-order chi connectivity index (χ1) is 8.75. The fourth-order valence-electron chi connectivity index (χ4n) is 3.74. The van der Waals surface area contributed by atoms with Crippen LogP contribution in [0.1, 0.15) is 26.2 Å². The second-order valence-corrected chi connectivity index (χ2v) is 6.19. The molecule has 0 bridgehead atoms. The second-order valence-electron chi connectivity index (χ2n) is 6.19. The van der Waals surface area contributed by atoms with Crippen LogP contribution in [0.25, 0.3) is 0 Å². The van der Waals surface area contributed by atoms with Crippen molar-refractivity contribution in [2.75, 3.05) is 39.3 Å². The monoisotopic (exact) mass is 251 g/mol. The average Bonchev–Trinajstić information content (AvgIpc) is 2.99. The highest BCUT2D eigenvalue weighted by Crippen LogP contribution is 2.28. The highest BCUT2D eigenvalue weighted by Gasteiger charge is 2.40. The lowest BCUT2D eigenvalue weighted by Crippen LogP contribution is -2.48. The summed E-state index contributed by atoms with van der Waals surface area (Å²) in [5, 5.41) is 3.45. The number of nitrogens with one attached hydrogen (secondary N) is 1. The van der Waals surface area contributed by atoms with Gasteiger partial charge in [-0.2, -0.15) is 0 Å². The van der Waals surface area contributed by atoms with Crippen LogP contribution in [0.5, 0.6) is 0 Å². The summed E-state index contributed by atoms with van der Waals surface area (Å²) < 4.78 is 0. The van der Waals surface area contributed by atoms with Crippen molar-refractivity contribution in [2.24, 2.45) is 11.8 Å². The minimum absolute atomic E-state index is 0.0914. The molecule has 3 saturated heterocycles. The van der Waals surface area contributed by atoms with Gasteiger partial charge in [-0.3, -0.25) is 9.69 Å². The molecule has 18 heavy (non-hydrogen) atoms. The zero-order chi connectivity index (χ0) is 12.5. The number of nitrogens with zero attached hydrogens (tertiary/aromatic N) is 2. The maximum absolute atomic E-state index is 12.5. The highest BCUT2D eigenvalue weighted by atomic mass is 16.2. The normalized spacial score (nSPS) is 34.6. The van der Waals surface area contributed by atoms with E-state index in [1.807, 2.05) is 0 Å². The Bertz CT molecular complexity index is 302. The number of likely N-dealkylation sites (tertiary alicyclic amines) is 2. The van der Waals surface area contributed by atoms with E-state index in [1.54, 1.807) is 0 Å². The van der Waals surface area contributed by atoms with E-state index in [4.69, 9.17) is 0 Å². The number of piperidine rings is 1. The summed E-state index contributed by atoms with van der Waals surface area (Å²) in [5.41, 5.74) is 0. The zero-order valence-corrected chi connectivity index (χ0v) is 11.4. The molecule has 0 aliphatic carbocycles. The number of carbonyl (C=O) groups excluding carboxylic acids is 1. The Hall–Kier alpha value is -0.610. The summed E-state index contributed by atoms with van der Waals surface area (Å²) in [4.78, 5) is 17.0. The van der Waals surface area contributed by atoms with Gasteiger partial charge in [0.2, 0.25) is 5.91 Å². The third-order valence-corrected chi connectivity index (χ3v) is 4.99.